The van der Waals surface area contributed by atoms with Crippen molar-refractivity contribution in [1.29, 1.82) is 0 Å². The van der Waals surface area contributed by atoms with Gasteiger partial charge in [-0.2, -0.15) is 8.42 Å². The average molecular weight is 361 g/mol. The zero-order valence-corrected chi connectivity index (χ0v) is 14.9. The van der Waals surface area contributed by atoms with Crippen molar-refractivity contribution in [2.75, 3.05) is 20.4 Å². The summed E-state index contributed by atoms with van der Waals surface area (Å²) in [6, 6.07) is 11.9. The van der Waals surface area contributed by atoms with E-state index < -0.39 is 10.1 Å². The first-order chi connectivity index (χ1) is 12.0. The number of hydrogen-bond acceptors (Lipinski definition) is 6. The molecule has 0 radical (unpaired) electrons. The molecule has 0 spiro atoms. The number of methoxy groups -OCH3 is 1. The molecule has 6 nitrogen and oxygen atoms in total. The molecule has 0 N–H and O–H groups in total. The maximum Gasteiger partial charge on any atom is 0.298 e. The van der Waals surface area contributed by atoms with Crippen LogP contribution in [0.2, 0.25) is 0 Å². The summed E-state index contributed by atoms with van der Waals surface area (Å²) >= 11 is 0. The SMILES string of the molecule is COc1ccc2c(c1)C(=NCOS(=O)(=O)c1ccc(C)cc1)CCO2. The third-order valence-corrected chi connectivity index (χ3v) is 5.13. The summed E-state index contributed by atoms with van der Waals surface area (Å²) in [4.78, 5) is 4.43. The fourth-order valence-corrected chi connectivity index (χ4v) is 3.29. The fourth-order valence-electron chi connectivity index (χ4n) is 2.49. The van der Waals surface area contributed by atoms with Gasteiger partial charge >= 0.3 is 0 Å². The second kappa shape index (κ2) is 7.25. The van der Waals surface area contributed by atoms with E-state index in [-0.39, 0.29) is 11.6 Å². The number of aliphatic imine (C=N–C) groups is 1. The lowest BCUT2D eigenvalue weighted by atomic mass is 10.0. The third-order valence-electron chi connectivity index (χ3n) is 3.87. The van der Waals surface area contributed by atoms with E-state index in [1.165, 1.54) is 12.1 Å². The summed E-state index contributed by atoms with van der Waals surface area (Å²) in [6.07, 6.45) is 0.577. The molecule has 1 aliphatic heterocycles. The molecule has 0 aliphatic carbocycles. The van der Waals surface area contributed by atoms with E-state index in [0.717, 1.165) is 16.8 Å². The van der Waals surface area contributed by atoms with Crippen LogP contribution in [-0.2, 0) is 14.3 Å². The molecule has 1 heterocycles. The summed E-state index contributed by atoms with van der Waals surface area (Å²) in [5.41, 5.74) is 2.51. The minimum atomic E-state index is -3.83. The van der Waals surface area contributed by atoms with Crippen molar-refractivity contribution in [3.63, 3.8) is 0 Å². The van der Waals surface area contributed by atoms with Crippen LogP contribution in [0.25, 0.3) is 0 Å². The Labute approximate surface area is 147 Å². The number of aryl methyl sites for hydroxylation is 1. The van der Waals surface area contributed by atoms with Crippen LogP contribution in [0.4, 0.5) is 0 Å². The maximum absolute atomic E-state index is 12.2. The molecule has 0 unspecified atom stereocenters. The van der Waals surface area contributed by atoms with Gasteiger partial charge in [-0.05, 0) is 37.3 Å². The van der Waals surface area contributed by atoms with Crippen molar-refractivity contribution in [3.8, 4) is 11.5 Å². The summed E-state index contributed by atoms with van der Waals surface area (Å²) in [7, 11) is -2.25. The molecule has 0 aromatic heterocycles. The first-order valence-electron chi connectivity index (χ1n) is 7.80. The summed E-state index contributed by atoms with van der Waals surface area (Å²) in [6.45, 7) is 2.10. The maximum atomic E-state index is 12.2. The smallest absolute Gasteiger partial charge is 0.298 e. The molecule has 3 rings (SSSR count). The molecular formula is C18H19NO5S. The van der Waals surface area contributed by atoms with E-state index >= 15 is 0 Å². The van der Waals surface area contributed by atoms with Crippen LogP contribution >= 0.6 is 0 Å². The zero-order chi connectivity index (χ0) is 17.9. The molecular weight excluding hydrogens is 342 g/mol. The monoisotopic (exact) mass is 361 g/mol. The Morgan fingerprint density at radius 1 is 1.16 bits per heavy atom. The van der Waals surface area contributed by atoms with Crippen LogP contribution in [-0.4, -0.2) is 34.6 Å². The van der Waals surface area contributed by atoms with Crippen molar-refractivity contribution in [2.24, 2.45) is 4.99 Å². The number of rotatable bonds is 5. The van der Waals surface area contributed by atoms with Gasteiger partial charge in [0.25, 0.3) is 10.1 Å². The van der Waals surface area contributed by atoms with E-state index in [1.54, 1.807) is 25.3 Å². The van der Waals surface area contributed by atoms with Crippen molar-refractivity contribution < 1.29 is 22.1 Å². The topological polar surface area (TPSA) is 74.2 Å². The second-order valence-corrected chi connectivity index (χ2v) is 7.19. The lowest BCUT2D eigenvalue weighted by Gasteiger charge is -2.19. The Balaban J connectivity index is 1.76. The van der Waals surface area contributed by atoms with Crippen LogP contribution in [0.3, 0.4) is 0 Å². The lowest BCUT2D eigenvalue weighted by molar-refractivity contribution is 0.314. The zero-order valence-electron chi connectivity index (χ0n) is 14.1. The Morgan fingerprint density at radius 2 is 1.92 bits per heavy atom. The number of benzene rings is 2. The first-order valence-corrected chi connectivity index (χ1v) is 9.21. The number of nitrogens with zero attached hydrogens (tertiary/aromatic N) is 1. The molecule has 0 saturated heterocycles. The van der Waals surface area contributed by atoms with Crippen LogP contribution in [0.1, 0.15) is 17.5 Å². The summed E-state index contributed by atoms with van der Waals surface area (Å²) in [5, 5.41) is 0. The van der Waals surface area contributed by atoms with Gasteiger partial charge < -0.3 is 9.47 Å². The molecule has 2 aromatic carbocycles. The van der Waals surface area contributed by atoms with E-state index in [4.69, 9.17) is 13.7 Å². The Kier molecular flexibility index (Phi) is 5.06. The molecule has 132 valence electrons. The minimum absolute atomic E-state index is 0.118. The molecule has 1 aliphatic rings. The number of hydrogen-bond donors (Lipinski definition) is 0. The van der Waals surface area contributed by atoms with Gasteiger partial charge in [-0.25, -0.2) is 4.18 Å². The number of fused-ring (bicyclic) bond motifs is 1. The van der Waals surface area contributed by atoms with Gasteiger partial charge in [-0.3, -0.25) is 4.99 Å². The standard InChI is InChI=1S/C18H19NO5S/c1-13-3-6-15(7-4-13)25(20,21)24-12-19-17-9-10-23-18-8-5-14(22-2)11-16(17)18/h3-8,11H,9-10,12H2,1-2H3. The molecule has 0 amide bonds. The van der Waals surface area contributed by atoms with E-state index in [1.807, 2.05) is 19.1 Å². The molecule has 0 saturated carbocycles. The highest BCUT2D eigenvalue weighted by Crippen LogP contribution is 2.29. The van der Waals surface area contributed by atoms with Gasteiger partial charge in [-0.1, -0.05) is 17.7 Å². The average Bonchev–Trinajstić information content (AvgIpc) is 2.61. The van der Waals surface area contributed by atoms with Gasteiger partial charge in [0.2, 0.25) is 0 Å². The van der Waals surface area contributed by atoms with Gasteiger partial charge in [0.05, 0.1) is 24.3 Å². The molecule has 2 aromatic rings. The van der Waals surface area contributed by atoms with Crippen LogP contribution < -0.4 is 9.47 Å². The van der Waals surface area contributed by atoms with E-state index in [9.17, 15) is 8.42 Å². The highest BCUT2D eigenvalue weighted by atomic mass is 32.2. The summed E-state index contributed by atoms with van der Waals surface area (Å²) in [5.74, 6) is 1.39. The van der Waals surface area contributed by atoms with Crippen molar-refractivity contribution in [1.82, 2.24) is 0 Å². The van der Waals surface area contributed by atoms with Crippen molar-refractivity contribution >= 4 is 15.8 Å². The van der Waals surface area contributed by atoms with Gasteiger partial charge in [-0.15, -0.1) is 0 Å². The highest BCUT2D eigenvalue weighted by molar-refractivity contribution is 7.86. The van der Waals surface area contributed by atoms with Gasteiger partial charge in [0.15, 0.2) is 6.73 Å². The van der Waals surface area contributed by atoms with Gasteiger partial charge in [0, 0.05) is 12.0 Å². The Hall–Kier alpha value is -2.38. The van der Waals surface area contributed by atoms with Crippen molar-refractivity contribution in [3.05, 3.63) is 53.6 Å². The molecule has 0 fully saturated rings. The number of ether oxygens (including phenoxy) is 2. The van der Waals surface area contributed by atoms with Crippen LogP contribution in [0.5, 0.6) is 11.5 Å². The summed E-state index contributed by atoms with van der Waals surface area (Å²) < 4.78 is 40.2. The molecule has 7 heteroatoms. The fraction of sp³-hybridized carbons (Fsp3) is 0.278. The predicted octanol–water partition coefficient (Wildman–Crippen LogP) is 2.94. The predicted molar refractivity (Wildman–Crippen MR) is 94.0 cm³/mol. The Bertz CT molecular complexity index is 888. The normalized spacial score (nSPS) is 15.5. The second-order valence-electron chi connectivity index (χ2n) is 5.58. The van der Waals surface area contributed by atoms with E-state index in [0.29, 0.717) is 24.5 Å². The van der Waals surface area contributed by atoms with Gasteiger partial charge in [0.1, 0.15) is 11.5 Å². The third kappa shape index (κ3) is 4.00. The Morgan fingerprint density at radius 3 is 2.64 bits per heavy atom. The minimum Gasteiger partial charge on any atom is -0.497 e. The molecule has 0 atom stereocenters. The highest BCUT2D eigenvalue weighted by Gasteiger charge is 2.19. The van der Waals surface area contributed by atoms with Crippen molar-refractivity contribution in [2.45, 2.75) is 18.2 Å². The van der Waals surface area contributed by atoms with Crippen LogP contribution in [0, 0.1) is 6.92 Å². The first kappa shape index (κ1) is 17.4. The lowest BCUT2D eigenvalue weighted by Crippen LogP contribution is -2.17. The molecule has 25 heavy (non-hydrogen) atoms. The quantitative estimate of drug-likeness (QED) is 0.766. The largest absolute Gasteiger partial charge is 0.497 e. The molecule has 0 bridgehead atoms. The van der Waals surface area contributed by atoms with E-state index in [2.05, 4.69) is 4.99 Å². The van der Waals surface area contributed by atoms with Crippen LogP contribution in [0.15, 0.2) is 52.4 Å².